The van der Waals surface area contributed by atoms with Gasteiger partial charge in [-0.3, -0.25) is 9.13 Å². The Balaban J connectivity index is 2.20. The van der Waals surface area contributed by atoms with Crippen LogP contribution in [0.15, 0.2) is 41.5 Å². The maximum Gasteiger partial charge on any atom is 0.328 e. The second-order valence-corrected chi connectivity index (χ2v) is 5.35. The lowest BCUT2D eigenvalue weighted by atomic mass is 10.1. The van der Waals surface area contributed by atoms with Gasteiger partial charge in [-0.25, -0.2) is 4.79 Å². The summed E-state index contributed by atoms with van der Waals surface area (Å²) in [5.41, 5.74) is 1.15. The van der Waals surface area contributed by atoms with E-state index in [-0.39, 0.29) is 17.8 Å². The van der Waals surface area contributed by atoms with E-state index < -0.39 is 0 Å². The van der Waals surface area contributed by atoms with Crippen LogP contribution in [0.4, 0.5) is 0 Å². The molecule has 0 radical (unpaired) electrons. The first kappa shape index (κ1) is 15.4. The molecule has 1 atom stereocenters. The Labute approximate surface area is 125 Å². The van der Waals surface area contributed by atoms with Crippen LogP contribution < -0.4 is 15.7 Å². The summed E-state index contributed by atoms with van der Waals surface area (Å²) in [5.74, 6) is 0.830. The molecule has 1 aromatic carbocycles. The number of benzene rings is 1. The van der Waals surface area contributed by atoms with Crippen LogP contribution in [-0.4, -0.2) is 23.3 Å². The molecule has 0 saturated heterocycles. The predicted octanol–water partition coefficient (Wildman–Crippen LogP) is 2.20. The van der Waals surface area contributed by atoms with E-state index >= 15 is 0 Å². The van der Waals surface area contributed by atoms with Crippen molar-refractivity contribution in [3.63, 3.8) is 0 Å². The largest absolute Gasteiger partial charge is 0.497 e. The highest BCUT2D eigenvalue weighted by atomic mass is 16.5. The Morgan fingerprint density at radius 1 is 1.19 bits per heavy atom. The van der Waals surface area contributed by atoms with E-state index in [1.54, 1.807) is 16.2 Å². The normalized spacial score (nSPS) is 12.6. The third kappa shape index (κ3) is 3.36. The van der Waals surface area contributed by atoms with Crippen LogP contribution in [0.5, 0.6) is 5.75 Å². The molecule has 1 N–H and O–H groups in total. The molecule has 0 aliphatic carbocycles. The highest BCUT2D eigenvalue weighted by Gasteiger charge is 2.13. The Hall–Kier alpha value is -2.01. The molecule has 1 aromatic heterocycles. The summed E-state index contributed by atoms with van der Waals surface area (Å²) in [5, 5.41) is 3.26. The molecule has 2 rings (SSSR count). The molecule has 0 amide bonds. The van der Waals surface area contributed by atoms with Crippen LogP contribution in [0.2, 0.25) is 0 Å². The fourth-order valence-corrected chi connectivity index (χ4v) is 2.36. The van der Waals surface area contributed by atoms with Crippen molar-refractivity contribution in [2.75, 3.05) is 14.2 Å². The molecule has 0 fully saturated rings. The number of nitrogens with zero attached hydrogens (tertiary/aromatic N) is 2. The van der Waals surface area contributed by atoms with E-state index in [4.69, 9.17) is 4.74 Å². The maximum absolute atomic E-state index is 12.3. The van der Waals surface area contributed by atoms with E-state index in [1.165, 1.54) is 0 Å². The zero-order valence-corrected chi connectivity index (χ0v) is 13.0. The van der Waals surface area contributed by atoms with Gasteiger partial charge in [0.2, 0.25) is 0 Å². The minimum Gasteiger partial charge on any atom is -0.497 e. The van der Waals surface area contributed by atoms with Crippen molar-refractivity contribution in [1.29, 1.82) is 0 Å². The van der Waals surface area contributed by atoms with Gasteiger partial charge >= 0.3 is 5.69 Å². The molecule has 114 valence electrons. The topological polar surface area (TPSA) is 48.2 Å². The third-order valence-corrected chi connectivity index (χ3v) is 3.68. The highest BCUT2D eigenvalue weighted by molar-refractivity contribution is 5.29. The van der Waals surface area contributed by atoms with Crippen molar-refractivity contribution in [3.8, 4) is 5.75 Å². The molecule has 0 saturated carbocycles. The van der Waals surface area contributed by atoms with Gasteiger partial charge in [0.05, 0.1) is 13.2 Å². The number of rotatable bonds is 6. The van der Waals surface area contributed by atoms with Gasteiger partial charge in [-0.15, -0.1) is 0 Å². The Bertz CT molecular complexity index is 626. The third-order valence-electron chi connectivity index (χ3n) is 3.68. The van der Waals surface area contributed by atoms with Crippen LogP contribution in [-0.2, 0) is 6.54 Å². The van der Waals surface area contributed by atoms with Gasteiger partial charge in [0.25, 0.3) is 0 Å². The van der Waals surface area contributed by atoms with Crippen LogP contribution in [0, 0.1) is 0 Å². The average molecular weight is 289 g/mol. The van der Waals surface area contributed by atoms with E-state index in [1.807, 2.05) is 57.6 Å². The van der Waals surface area contributed by atoms with Gasteiger partial charge in [-0.2, -0.15) is 0 Å². The number of ether oxygens (including phenoxy) is 1. The zero-order valence-electron chi connectivity index (χ0n) is 13.0. The molecule has 1 heterocycles. The zero-order chi connectivity index (χ0) is 15.4. The van der Waals surface area contributed by atoms with Gasteiger partial charge < -0.3 is 10.1 Å². The lowest BCUT2D eigenvalue weighted by Gasteiger charge is -2.17. The quantitative estimate of drug-likeness (QED) is 0.887. The van der Waals surface area contributed by atoms with Crippen LogP contribution in [0.1, 0.15) is 31.5 Å². The van der Waals surface area contributed by atoms with Gasteiger partial charge in [0, 0.05) is 25.0 Å². The van der Waals surface area contributed by atoms with Gasteiger partial charge in [-0.05, 0) is 38.6 Å². The monoisotopic (exact) mass is 289 g/mol. The number of hydrogen-bond donors (Lipinski definition) is 1. The van der Waals surface area contributed by atoms with E-state index in [9.17, 15) is 4.79 Å². The lowest BCUT2D eigenvalue weighted by Crippen LogP contribution is -2.30. The fourth-order valence-electron chi connectivity index (χ4n) is 2.36. The first-order valence-corrected chi connectivity index (χ1v) is 7.15. The molecule has 21 heavy (non-hydrogen) atoms. The fraction of sp³-hybridized carbons (Fsp3) is 0.438. The van der Waals surface area contributed by atoms with Crippen LogP contribution in [0.25, 0.3) is 0 Å². The molecule has 0 aliphatic heterocycles. The summed E-state index contributed by atoms with van der Waals surface area (Å²) < 4.78 is 8.65. The predicted molar refractivity (Wildman–Crippen MR) is 83.9 cm³/mol. The second-order valence-electron chi connectivity index (χ2n) is 5.35. The van der Waals surface area contributed by atoms with E-state index in [0.717, 1.165) is 11.3 Å². The summed E-state index contributed by atoms with van der Waals surface area (Å²) >= 11 is 0. The van der Waals surface area contributed by atoms with Gasteiger partial charge in [-0.1, -0.05) is 12.1 Å². The average Bonchev–Trinajstić information content (AvgIpc) is 2.86. The number of likely N-dealkylation sites (N-methyl/N-ethyl adjacent to an activating group) is 1. The summed E-state index contributed by atoms with van der Waals surface area (Å²) in [6.45, 7) is 4.61. The molecular weight excluding hydrogens is 266 g/mol. The van der Waals surface area contributed by atoms with Crippen LogP contribution >= 0.6 is 0 Å². The Morgan fingerprint density at radius 3 is 2.33 bits per heavy atom. The first-order chi connectivity index (χ1) is 10.1. The van der Waals surface area contributed by atoms with Crippen molar-refractivity contribution in [3.05, 3.63) is 52.7 Å². The van der Waals surface area contributed by atoms with Gasteiger partial charge in [0.15, 0.2) is 0 Å². The van der Waals surface area contributed by atoms with Gasteiger partial charge in [0.1, 0.15) is 5.75 Å². The maximum atomic E-state index is 12.3. The standard InChI is InChI=1S/C16H23N3O2/c1-12(2)19-10-9-18(16(19)20)11-15(17-3)13-5-7-14(21-4)8-6-13/h5-10,12,15,17H,11H2,1-4H3. The molecule has 0 bridgehead atoms. The highest BCUT2D eigenvalue weighted by Crippen LogP contribution is 2.18. The minimum atomic E-state index is 0.0266. The second kappa shape index (κ2) is 6.63. The summed E-state index contributed by atoms with van der Waals surface area (Å²) in [7, 11) is 3.55. The van der Waals surface area contributed by atoms with Crippen molar-refractivity contribution in [2.45, 2.75) is 32.5 Å². The van der Waals surface area contributed by atoms with Crippen molar-refractivity contribution in [1.82, 2.24) is 14.5 Å². The lowest BCUT2D eigenvalue weighted by molar-refractivity contribution is 0.414. The van der Waals surface area contributed by atoms with Crippen LogP contribution in [0.3, 0.4) is 0 Å². The molecular formula is C16H23N3O2. The number of methoxy groups -OCH3 is 1. The Morgan fingerprint density at radius 2 is 1.86 bits per heavy atom. The van der Waals surface area contributed by atoms with Crippen molar-refractivity contribution >= 4 is 0 Å². The van der Waals surface area contributed by atoms with Crippen molar-refractivity contribution < 1.29 is 4.74 Å². The molecule has 2 aromatic rings. The molecule has 1 unspecified atom stereocenters. The molecule has 5 heteroatoms. The molecule has 5 nitrogen and oxygen atoms in total. The number of nitrogens with one attached hydrogen (secondary N) is 1. The first-order valence-electron chi connectivity index (χ1n) is 7.15. The van der Waals surface area contributed by atoms with E-state index in [2.05, 4.69) is 5.32 Å². The number of aromatic nitrogens is 2. The SMILES string of the molecule is CNC(Cn1ccn(C(C)C)c1=O)c1ccc(OC)cc1. The molecule has 0 spiro atoms. The summed E-state index contributed by atoms with van der Waals surface area (Å²) in [6, 6.07) is 8.16. The molecule has 0 aliphatic rings. The summed E-state index contributed by atoms with van der Waals surface area (Å²) in [4.78, 5) is 12.3. The Kier molecular flexibility index (Phi) is 4.85. The smallest absolute Gasteiger partial charge is 0.328 e. The number of imidazole rings is 1. The summed E-state index contributed by atoms with van der Waals surface area (Å²) in [6.07, 6.45) is 3.68. The van der Waals surface area contributed by atoms with E-state index in [0.29, 0.717) is 6.54 Å². The number of hydrogen-bond acceptors (Lipinski definition) is 3. The minimum absolute atomic E-state index is 0.0266. The van der Waals surface area contributed by atoms with Crippen molar-refractivity contribution in [2.24, 2.45) is 0 Å².